The van der Waals surface area contributed by atoms with Gasteiger partial charge in [-0.3, -0.25) is 8.42 Å². The standard InChI is InChI=1S/C3H9N.H2O4S/c1-2-3-4;1-5(2,3)4/h2-4H2,1H3;(H2,1,2,3,4)/p-1. The zero-order valence-corrected chi connectivity index (χ0v) is 5.98. The van der Waals surface area contributed by atoms with Crippen LogP contribution in [0.15, 0.2) is 0 Å². The lowest BCUT2D eigenvalue weighted by atomic mass is 10.5. The minimum atomic E-state index is -5.17. The van der Waals surface area contributed by atoms with Crippen molar-refractivity contribution in [2.75, 3.05) is 6.54 Å². The van der Waals surface area contributed by atoms with Crippen molar-refractivity contribution in [1.29, 1.82) is 0 Å². The first-order valence-electron chi connectivity index (χ1n) is 2.37. The molecular formula is C3H10NO4S-. The summed E-state index contributed by atoms with van der Waals surface area (Å²) >= 11 is 0. The molecule has 0 atom stereocenters. The summed E-state index contributed by atoms with van der Waals surface area (Å²) in [5, 5.41) is 0. The lowest BCUT2D eigenvalue weighted by Gasteiger charge is -2.06. The summed E-state index contributed by atoms with van der Waals surface area (Å²) in [5.41, 5.74) is 3.60. The van der Waals surface area contributed by atoms with Crippen LogP contribution >= 0.6 is 0 Å². The maximum atomic E-state index is 8.52. The SMILES string of the molecule is CCC[NH3+].O=S(=O)([O-])[O-]. The van der Waals surface area contributed by atoms with Crippen LogP contribution in [0.4, 0.5) is 0 Å². The molecule has 3 N–H and O–H groups in total. The van der Waals surface area contributed by atoms with E-state index < -0.39 is 10.4 Å². The van der Waals surface area contributed by atoms with Gasteiger partial charge in [0.1, 0.15) is 0 Å². The summed E-state index contributed by atoms with van der Waals surface area (Å²) in [6.45, 7) is 3.19. The van der Waals surface area contributed by atoms with Gasteiger partial charge in [0, 0.05) is 10.4 Å². The van der Waals surface area contributed by atoms with E-state index in [0.29, 0.717) is 0 Å². The number of hydrogen-bond donors (Lipinski definition) is 1. The normalized spacial score (nSPS) is 9.78. The molecule has 5 nitrogen and oxygen atoms in total. The molecule has 0 bridgehead atoms. The molecule has 0 unspecified atom stereocenters. The molecule has 0 saturated heterocycles. The van der Waals surface area contributed by atoms with Gasteiger partial charge < -0.3 is 14.8 Å². The second-order valence-corrected chi connectivity index (χ2v) is 2.08. The van der Waals surface area contributed by atoms with Crippen LogP contribution in [0.1, 0.15) is 13.3 Å². The van der Waals surface area contributed by atoms with Crippen molar-refractivity contribution in [2.45, 2.75) is 13.3 Å². The van der Waals surface area contributed by atoms with Crippen LogP contribution in [-0.2, 0) is 10.4 Å². The molecule has 0 saturated carbocycles. The monoisotopic (exact) mass is 156 g/mol. The topological polar surface area (TPSA) is 108 Å². The van der Waals surface area contributed by atoms with Crippen molar-refractivity contribution >= 4 is 10.4 Å². The van der Waals surface area contributed by atoms with Crippen molar-refractivity contribution in [3.63, 3.8) is 0 Å². The lowest BCUT2D eigenvalue weighted by Crippen LogP contribution is -2.49. The summed E-state index contributed by atoms with van der Waals surface area (Å²) in [6.07, 6.45) is 1.21. The Bertz CT molecular complexity index is 119. The zero-order valence-electron chi connectivity index (χ0n) is 5.16. The smallest absolute Gasteiger partial charge is 0.0737 e. The van der Waals surface area contributed by atoms with Gasteiger partial charge in [-0.05, 0) is 6.42 Å². The highest BCUT2D eigenvalue weighted by Gasteiger charge is 1.59. The molecule has 0 heterocycles. The highest BCUT2D eigenvalue weighted by Crippen LogP contribution is 1.57. The van der Waals surface area contributed by atoms with Crippen molar-refractivity contribution in [3.8, 4) is 0 Å². The molecule has 0 aromatic rings. The van der Waals surface area contributed by atoms with Gasteiger partial charge in [0.15, 0.2) is 0 Å². The fraction of sp³-hybridized carbons (Fsp3) is 1.00. The second kappa shape index (κ2) is 5.96. The molecule has 0 spiro atoms. The zero-order chi connectivity index (χ0) is 7.91. The maximum Gasteiger partial charge on any atom is 0.0737 e. The minimum Gasteiger partial charge on any atom is -0.759 e. The molecule has 0 radical (unpaired) electrons. The molecule has 6 heteroatoms. The van der Waals surface area contributed by atoms with E-state index in [-0.39, 0.29) is 0 Å². The highest BCUT2D eigenvalue weighted by molar-refractivity contribution is 7.79. The average Bonchev–Trinajstić information content (AvgIpc) is 1.61. The van der Waals surface area contributed by atoms with E-state index in [2.05, 4.69) is 12.7 Å². The fourth-order valence-corrected chi connectivity index (χ4v) is 0. The van der Waals surface area contributed by atoms with Gasteiger partial charge in [0.05, 0.1) is 6.54 Å². The molecule has 0 aromatic heterocycles. The average molecular weight is 156 g/mol. The van der Waals surface area contributed by atoms with E-state index in [1.807, 2.05) is 0 Å². The Hall–Kier alpha value is -0.170. The number of rotatable bonds is 1. The fourth-order valence-electron chi connectivity index (χ4n) is 0. The Labute approximate surface area is 54.4 Å². The van der Waals surface area contributed by atoms with Gasteiger partial charge in [-0.1, -0.05) is 6.92 Å². The summed E-state index contributed by atoms with van der Waals surface area (Å²) in [6, 6.07) is 0. The van der Waals surface area contributed by atoms with Crippen molar-refractivity contribution in [2.24, 2.45) is 0 Å². The first-order valence-corrected chi connectivity index (χ1v) is 3.71. The van der Waals surface area contributed by atoms with Gasteiger partial charge >= 0.3 is 0 Å². The molecule has 0 aliphatic rings. The van der Waals surface area contributed by atoms with Crippen LogP contribution < -0.4 is 5.73 Å². The van der Waals surface area contributed by atoms with E-state index in [1.54, 1.807) is 0 Å². The van der Waals surface area contributed by atoms with Gasteiger partial charge in [-0.15, -0.1) is 0 Å². The van der Waals surface area contributed by atoms with Gasteiger partial charge in [0.2, 0.25) is 0 Å². The molecule has 0 aliphatic carbocycles. The predicted octanol–water partition coefficient (Wildman–Crippen LogP) is -1.70. The Morgan fingerprint density at radius 2 is 1.56 bits per heavy atom. The molecule has 9 heavy (non-hydrogen) atoms. The quantitative estimate of drug-likeness (QED) is 0.360. The third-order valence-corrected chi connectivity index (χ3v) is 0.354. The molecular weight excluding hydrogens is 146 g/mol. The predicted molar refractivity (Wildman–Crippen MR) is 28.5 cm³/mol. The van der Waals surface area contributed by atoms with E-state index in [1.165, 1.54) is 6.42 Å². The summed E-state index contributed by atoms with van der Waals surface area (Å²) in [7, 11) is -5.17. The largest absolute Gasteiger partial charge is 0.759 e. The van der Waals surface area contributed by atoms with Crippen molar-refractivity contribution in [3.05, 3.63) is 0 Å². The van der Waals surface area contributed by atoms with Crippen LogP contribution in [-0.4, -0.2) is 24.1 Å². The van der Waals surface area contributed by atoms with E-state index in [9.17, 15) is 0 Å². The van der Waals surface area contributed by atoms with Crippen LogP contribution in [0.3, 0.4) is 0 Å². The Balaban J connectivity index is 0. The third kappa shape index (κ3) is 386. The Morgan fingerprint density at radius 1 is 1.44 bits per heavy atom. The van der Waals surface area contributed by atoms with Crippen LogP contribution in [0, 0.1) is 0 Å². The molecule has 0 aromatic carbocycles. The first-order chi connectivity index (χ1) is 3.91. The van der Waals surface area contributed by atoms with E-state index in [4.69, 9.17) is 17.5 Å². The summed E-state index contributed by atoms with van der Waals surface area (Å²) in [5.74, 6) is 0. The van der Waals surface area contributed by atoms with Crippen molar-refractivity contribution < 1.29 is 23.3 Å². The third-order valence-electron chi connectivity index (χ3n) is 0.354. The van der Waals surface area contributed by atoms with E-state index >= 15 is 0 Å². The van der Waals surface area contributed by atoms with Crippen LogP contribution in [0.25, 0.3) is 0 Å². The van der Waals surface area contributed by atoms with Crippen molar-refractivity contribution in [1.82, 2.24) is 0 Å². The van der Waals surface area contributed by atoms with Gasteiger partial charge in [0.25, 0.3) is 0 Å². The molecule has 0 aliphatic heterocycles. The maximum absolute atomic E-state index is 8.52. The van der Waals surface area contributed by atoms with Gasteiger partial charge in [-0.2, -0.15) is 0 Å². The highest BCUT2D eigenvalue weighted by atomic mass is 32.3. The summed E-state index contributed by atoms with van der Waals surface area (Å²) < 4.78 is 34.1. The van der Waals surface area contributed by atoms with E-state index in [0.717, 1.165) is 6.54 Å². The number of hydrogen-bond acceptors (Lipinski definition) is 4. The Kier molecular flexibility index (Phi) is 7.68. The first kappa shape index (κ1) is 11.6. The molecule has 0 fully saturated rings. The second-order valence-electron chi connectivity index (χ2n) is 1.26. The minimum absolute atomic E-state index is 1.07. The van der Waals surface area contributed by atoms with Crippen LogP contribution in [0.2, 0.25) is 0 Å². The lowest BCUT2D eigenvalue weighted by molar-refractivity contribution is -0.367. The summed E-state index contributed by atoms with van der Waals surface area (Å²) in [4.78, 5) is 0. The van der Waals surface area contributed by atoms with Gasteiger partial charge in [-0.25, -0.2) is 0 Å². The number of quaternary nitrogens is 1. The molecule has 0 amide bonds. The van der Waals surface area contributed by atoms with Crippen LogP contribution in [0.5, 0.6) is 0 Å². The molecule has 0 rings (SSSR count). The Morgan fingerprint density at radius 3 is 1.56 bits per heavy atom. The molecule has 58 valence electrons.